The summed E-state index contributed by atoms with van der Waals surface area (Å²) in [5, 5.41) is 20.2. The van der Waals surface area contributed by atoms with Gasteiger partial charge < -0.3 is 19.5 Å². The number of benzene rings is 3. The van der Waals surface area contributed by atoms with Crippen LogP contribution in [-0.4, -0.2) is 64.4 Å². The second kappa shape index (κ2) is 14.7. The summed E-state index contributed by atoms with van der Waals surface area (Å²) in [5.74, 6) is 1.04. The molecule has 1 N–H and O–H groups in total. The molecule has 0 fully saturated rings. The van der Waals surface area contributed by atoms with Gasteiger partial charge in [0.1, 0.15) is 23.1 Å². The Labute approximate surface area is 284 Å². The van der Waals surface area contributed by atoms with E-state index in [1.165, 1.54) is 43.1 Å². The minimum absolute atomic E-state index is 0.00260. The van der Waals surface area contributed by atoms with E-state index in [0.717, 1.165) is 21.9 Å². The highest BCUT2D eigenvalue weighted by Crippen LogP contribution is 2.35. The lowest BCUT2D eigenvalue weighted by Gasteiger charge is -2.22. The zero-order valence-corrected chi connectivity index (χ0v) is 27.9. The first-order chi connectivity index (χ1) is 23.4. The molecule has 0 aliphatic carbocycles. The van der Waals surface area contributed by atoms with Gasteiger partial charge in [-0.05, 0) is 65.5 Å². The lowest BCUT2D eigenvalue weighted by molar-refractivity contribution is -0.130. The van der Waals surface area contributed by atoms with Crippen molar-refractivity contribution < 1.29 is 28.2 Å². The lowest BCUT2D eigenvalue weighted by Crippen LogP contribution is -2.28. The smallest absolute Gasteiger partial charge is 0.253 e. The van der Waals surface area contributed by atoms with Gasteiger partial charge in [-0.3, -0.25) is 14.2 Å². The highest BCUT2D eigenvalue weighted by molar-refractivity contribution is 7.99. The van der Waals surface area contributed by atoms with E-state index in [9.17, 15) is 14.0 Å². The summed E-state index contributed by atoms with van der Waals surface area (Å²) in [6.07, 6.45) is 0.567. The minimum Gasteiger partial charge on any atom is -0.497 e. The minimum atomic E-state index is -0.406. The highest BCUT2D eigenvalue weighted by atomic mass is 32.2. The van der Waals surface area contributed by atoms with E-state index < -0.39 is 5.82 Å². The first-order valence-electron chi connectivity index (χ1n) is 14.8. The van der Waals surface area contributed by atoms with Crippen LogP contribution in [0.15, 0.2) is 94.5 Å². The van der Waals surface area contributed by atoms with Crippen molar-refractivity contribution in [2.45, 2.75) is 24.2 Å². The molecule has 5 aromatic rings. The number of ether oxygens (including phenoxy) is 3. The zero-order chi connectivity index (χ0) is 33.6. The quantitative estimate of drug-likeness (QED) is 0.161. The van der Waals surface area contributed by atoms with Crippen LogP contribution in [0.5, 0.6) is 17.2 Å². The van der Waals surface area contributed by atoms with Gasteiger partial charge in [0.25, 0.3) is 11.8 Å². The van der Waals surface area contributed by atoms with Gasteiger partial charge >= 0.3 is 0 Å². The van der Waals surface area contributed by atoms with Gasteiger partial charge in [-0.15, -0.1) is 21.5 Å². The summed E-state index contributed by atoms with van der Waals surface area (Å²) in [6.45, 7) is -0.00260. The van der Waals surface area contributed by atoms with Crippen LogP contribution in [0.4, 0.5) is 4.39 Å². The molecule has 0 unspecified atom stereocenters. The molecule has 1 aliphatic rings. The molecule has 0 spiro atoms. The summed E-state index contributed by atoms with van der Waals surface area (Å²) < 4.78 is 31.5. The summed E-state index contributed by atoms with van der Waals surface area (Å²) in [6, 6.07) is 22.0. The standard InChI is InChI=1S/C34H31FN6O5S2/c1-44-25-12-6-21(7-13-25)29-18-28(30-5-4-14-47-30)39-41(29)32(42)20-48-34-38-37-31(40(34)24-10-8-23(35)9-11-24)19-36-33(43)22-15-26(45-2)17-27(16-22)46-3/h4-17,29H,18-20H2,1-3H3,(H,36,43)/t29-/m1/s1. The predicted molar refractivity (Wildman–Crippen MR) is 181 cm³/mol. The number of amides is 2. The van der Waals surface area contributed by atoms with Gasteiger partial charge in [0.2, 0.25) is 0 Å². The van der Waals surface area contributed by atoms with Crippen molar-refractivity contribution in [2.24, 2.45) is 5.10 Å². The van der Waals surface area contributed by atoms with Crippen LogP contribution in [-0.2, 0) is 11.3 Å². The number of nitrogens with one attached hydrogen (secondary N) is 1. The van der Waals surface area contributed by atoms with Gasteiger partial charge in [-0.25, -0.2) is 9.40 Å². The maximum Gasteiger partial charge on any atom is 0.253 e. The maximum absolute atomic E-state index is 13.9. The average molecular weight is 687 g/mol. The molecule has 1 aliphatic heterocycles. The van der Waals surface area contributed by atoms with Crippen LogP contribution in [0.3, 0.4) is 0 Å². The normalized spacial score (nSPS) is 14.0. The van der Waals surface area contributed by atoms with Crippen LogP contribution in [0.1, 0.15) is 39.1 Å². The molecular formula is C34H31FN6O5S2. The van der Waals surface area contributed by atoms with Gasteiger partial charge in [0.15, 0.2) is 11.0 Å². The fraction of sp³-hybridized carbons (Fsp3) is 0.206. The van der Waals surface area contributed by atoms with Crippen LogP contribution >= 0.6 is 23.1 Å². The Morgan fingerprint density at radius 1 is 0.938 bits per heavy atom. The van der Waals surface area contributed by atoms with E-state index in [-0.39, 0.29) is 30.2 Å². The number of thioether (sulfide) groups is 1. The van der Waals surface area contributed by atoms with Gasteiger partial charge in [0.05, 0.1) is 50.3 Å². The molecule has 3 aromatic carbocycles. The summed E-state index contributed by atoms with van der Waals surface area (Å²) in [7, 11) is 4.62. The van der Waals surface area contributed by atoms with Crippen LogP contribution in [0.25, 0.3) is 5.69 Å². The molecule has 0 saturated heterocycles. The number of rotatable bonds is 12. The first-order valence-corrected chi connectivity index (χ1v) is 16.6. The summed E-state index contributed by atoms with van der Waals surface area (Å²) in [5.41, 5.74) is 2.67. The second-order valence-electron chi connectivity index (χ2n) is 10.5. The van der Waals surface area contributed by atoms with E-state index >= 15 is 0 Å². The Morgan fingerprint density at radius 3 is 2.29 bits per heavy atom. The molecule has 0 saturated carbocycles. The highest BCUT2D eigenvalue weighted by Gasteiger charge is 2.34. The Morgan fingerprint density at radius 2 is 1.65 bits per heavy atom. The lowest BCUT2D eigenvalue weighted by atomic mass is 10.0. The van der Waals surface area contributed by atoms with Gasteiger partial charge in [-0.2, -0.15) is 5.10 Å². The first kappa shape index (κ1) is 32.7. The number of methoxy groups -OCH3 is 3. The van der Waals surface area contributed by atoms with E-state index in [1.807, 2.05) is 41.8 Å². The number of nitrogens with zero attached hydrogens (tertiary/aromatic N) is 5. The molecule has 48 heavy (non-hydrogen) atoms. The molecular weight excluding hydrogens is 656 g/mol. The molecule has 2 aromatic heterocycles. The zero-order valence-electron chi connectivity index (χ0n) is 26.3. The molecule has 1 atom stereocenters. The van der Waals surface area contributed by atoms with Crippen LogP contribution in [0, 0.1) is 5.82 Å². The van der Waals surface area contributed by atoms with Crippen molar-refractivity contribution in [1.82, 2.24) is 25.1 Å². The topological polar surface area (TPSA) is 120 Å². The van der Waals surface area contributed by atoms with Gasteiger partial charge in [-0.1, -0.05) is 30.0 Å². The maximum atomic E-state index is 13.9. The monoisotopic (exact) mass is 686 g/mol. The van der Waals surface area contributed by atoms with E-state index in [1.54, 1.807) is 53.3 Å². The van der Waals surface area contributed by atoms with Crippen molar-refractivity contribution >= 4 is 40.6 Å². The van der Waals surface area contributed by atoms with Crippen molar-refractivity contribution in [2.75, 3.05) is 27.1 Å². The van der Waals surface area contributed by atoms with Crippen LogP contribution in [0.2, 0.25) is 0 Å². The van der Waals surface area contributed by atoms with E-state index in [4.69, 9.17) is 19.3 Å². The molecule has 11 nitrogen and oxygen atoms in total. The number of halogens is 1. The largest absolute Gasteiger partial charge is 0.497 e. The molecule has 3 heterocycles. The Balaban J connectivity index is 1.23. The van der Waals surface area contributed by atoms with Gasteiger partial charge in [0, 0.05) is 23.7 Å². The number of hydrogen-bond acceptors (Lipinski definition) is 10. The van der Waals surface area contributed by atoms with Crippen molar-refractivity contribution in [3.63, 3.8) is 0 Å². The Bertz CT molecular complexity index is 1910. The van der Waals surface area contributed by atoms with Crippen molar-refractivity contribution in [3.05, 3.63) is 112 Å². The third kappa shape index (κ3) is 7.19. The van der Waals surface area contributed by atoms with E-state index in [0.29, 0.717) is 40.2 Å². The molecule has 6 rings (SSSR count). The molecule has 246 valence electrons. The Hall–Kier alpha value is -5.21. The Kier molecular flexibility index (Phi) is 10.0. The van der Waals surface area contributed by atoms with E-state index in [2.05, 4.69) is 15.5 Å². The van der Waals surface area contributed by atoms with Crippen molar-refractivity contribution in [3.8, 4) is 22.9 Å². The third-order valence-electron chi connectivity index (χ3n) is 7.60. The summed E-state index contributed by atoms with van der Waals surface area (Å²) >= 11 is 2.75. The van der Waals surface area contributed by atoms with Crippen molar-refractivity contribution in [1.29, 1.82) is 0 Å². The molecule has 0 bridgehead atoms. The number of thiophene rings is 1. The third-order valence-corrected chi connectivity index (χ3v) is 9.44. The fourth-order valence-electron chi connectivity index (χ4n) is 5.17. The fourth-order valence-corrected chi connectivity index (χ4v) is 6.71. The number of aromatic nitrogens is 3. The second-order valence-corrected chi connectivity index (χ2v) is 12.4. The molecule has 2 amide bonds. The average Bonchev–Trinajstić information content (AvgIpc) is 3.90. The SMILES string of the molecule is COc1ccc([C@H]2CC(c3cccs3)=NN2C(=O)CSc2nnc(CNC(=O)c3cc(OC)cc(OC)c3)n2-c2ccc(F)cc2)cc1. The number of carbonyl (C=O) groups excluding carboxylic acids is 2. The molecule has 0 radical (unpaired) electrons. The number of hydrazone groups is 1. The van der Waals surface area contributed by atoms with Crippen LogP contribution < -0.4 is 19.5 Å². The number of hydrogen-bond donors (Lipinski definition) is 1. The number of carbonyl (C=O) groups is 2. The predicted octanol–water partition coefficient (Wildman–Crippen LogP) is 5.89. The molecule has 14 heteroatoms. The summed E-state index contributed by atoms with van der Waals surface area (Å²) in [4.78, 5) is 27.9.